The number of nitrogens with two attached hydrogens (primary N) is 1. The van der Waals surface area contributed by atoms with Gasteiger partial charge in [-0.05, 0) is 42.8 Å². The quantitative estimate of drug-likeness (QED) is 0.856. The first-order valence-electron chi connectivity index (χ1n) is 5.63. The van der Waals surface area contributed by atoms with E-state index in [9.17, 15) is 17.2 Å². The van der Waals surface area contributed by atoms with Gasteiger partial charge < -0.3 is 5.73 Å². The van der Waals surface area contributed by atoms with Crippen LogP contribution in [0.1, 0.15) is 5.56 Å². The summed E-state index contributed by atoms with van der Waals surface area (Å²) in [5.41, 5.74) is 6.50. The van der Waals surface area contributed by atoms with Gasteiger partial charge in [-0.2, -0.15) is 0 Å². The number of aryl methyl sites for hydroxylation is 1. The van der Waals surface area contributed by atoms with Gasteiger partial charge >= 0.3 is 0 Å². The number of anilines is 2. The Hall–Kier alpha value is -2.15. The smallest absolute Gasteiger partial charge is 0.261 e. The molecule has 2 rings (SSSR count). The molecule has 0 fully saturated rings. The summed E-state index contributed by atoms with van der Waals surface area (Å²) in [5.74, 6) is -2.18. The summed E-state index contributed by atoms with van der Waals surface area (Å²) in [4.78, 5) is -0.0419. The van der Waals surface area contributed by atoms with Gasteiger partial charge in [-0.1, -0.05) is 0 Å². The molecule has 106 valence electrons. The SMILES string of the molecule is Cc1cc(N)cc(S(=O)(=O)Nc2ccc(F)c(F)c2)c1. The Morgan fingerprint density at radius 1 is 1.05 bits per heavy atom. The maximum Gasteiger partial charge on any atom is 0.261 e. The van der Waals surface area contributed by atoms with Crippen LogP contribution < -0.4 is 10.5 Å². The Morgan fingerprint density at radius 3 is 2.35 bits per heavy atom. The van der Waals surface area contributed by atoms with Crippen molar-refractivity contribution in [2.45, 2.75) is 11.8 Å². The average molecular weight is 298 g/mol. The van der Waals surface area contributed by atoms with Gasteiger partial charge in [-0.3, -0.25) is 4.72 Å². The van der Waals surface area contributed by atoms with Crippen molar-refractivity contribution in [3.8, 4) is 0 Å². The monoisotopic (exact) mass is 298 g/mol. The van der Waals surface area contributed by atoms with Gasteiger partial charge in [0.15, 0.2) is 11.6 Å². The zero-order valence-corrected chi connectivity index (χ0v) is 11.3. The van der Waals surface area contributed by atoms with Crippen molar-refractivity contribution in [3.05, 3.63) is 53.6 Å². The predicted octanol–water partition coefficient (Wildman–Crippen LogP) is 2.66. The van der Waals surface area contributed by atoms with E-state index in [2.05, 4.69) is 4.72 Å². The van der Waals surface area contributed by atoms with Crippen molar-refractivity contribution in [2.24, 2.45) is 0 Å². The maximum absolute atomic E-state index is 13.1. The Balaban J connectivity index is 2.37. The topological polar surface area (TPSA) is 72.2 Å². The Kier molecular flexibility index (Phi) is 3.63. The van der Waals surface area contributed by atoms with Crippen LogP contribution in [0.15, 0.2) is 41.3 Å². The first kappa shape index (κ1) is 14.3. The number of rotatable bonds is 3. The Morgan fingerprint density at radius 2 is 1.75 bits per heavy atom. The zero-order valence-electron chi connectivity index (χ0n) is 10.5. The summed E-state index contributed by atoms with van der Waals surface area (Å²) in [5, 5.41) is 0. The van der Waals surface area contributed by atoms with Crippen molar-refractivity contribution >= 4 is 21.4 Å². The third-order valence-electron chi connectivity index (χ3n) is 2.56. The highest BCUT2D eigenvalue weighted by Gasteiger charge is 2.16. The van der Waals surface area contributed by atoms with Gasteiger partial charge in [-0.15, -0.1) is 0 Å². The van der Waals surface area contributed by atoms with Crippen LogP contribution in [0.5, 0.6) is 0 Å². The largest absolute Gasteiger partial charge is 0.399 e. The third kappa shape index (κ3) is 3.05. The highest BCUT2D eigenvalue weighted by atomic mass is 32.2. The standard InChI is InChI=1S/C13H12F2N2O2S/c1-8-4-9(16)6-11(5-8)20(18,19)17-10-2-3-12(14)13(15)7-10/h2-7,17H,16H2,1H3. The Labute approximate surface area is 115 Å². The van der Waals surface area contributed by atoms with E-state index in [1.807, 2.05) is 0 Å². The van der Waals surface area contributed by atoms with Crippen LogP contribution in [0.25, 0.3) is 0 Å². The van der Waals surface area contributed by atoms with E-state index >= 15 is 0 Å². The minimum Gasteiger partial charge on any atom is -0.399 e. The second-order valence-electron chi connectivity index (χ2n) is 4.31. The fourth-order valence-electron chi connectivity index (χ4n) is 1.71. The molecule has 0 unspecified atom stereocenters. The van der Waals surface area contributed by atoms with E-state index < -0.39 is 21.7 Å². The molecule has 0 radical (unpaired) electrons. The summed E-state index contributed by atoms with van der Waals surface area (Å²) in [6.45, 7) is 1.70. The van der Waals surface area contributed by atoms with Gasteiger partial charge in [0.25, 0.3) is 10.0 Å². The van der Waals surface area contributed by atoms with Gasteiger partial charge in [0, 0.05) is 11.8 Å². The Bertz CT molecular complexity index is 741. The molecule has 2 aromatic rings. The summed E-state index contributed by atoms with van der Waals surface area (Å²) in [6.07, 6.45) is 0. The van der Waals surface area contributed by atoms with Gasteiger partial charge in [-0.25, -0.2) is 17.2 Å². The molecule has 4 nitrogen and oxygen atoms in total. The molecule has 0 aliphatic carbocycles. The van der Waals surface area contributed by atoms with Gasteiger partial charge in [0.1, 0.15) is 0 Å². The van der Waals surface area contributed by atoms with Crippen LogP contribution in [-0.4, -0.2) is 8.42 Å². The molecule has 0 bridgehead atoms. The molecule has 2 aromatic carbocycles. The van der Waals surface area contributed by atoms with Gasteiger partial charge in [0.2, 0.25) is 0 Å². The fraction of sp³-hybridized carbons (Fsp3) is 0.0769. The van der Waals surface area contributed by atoms with Crippen molar-refractivity contribution in [2.75, 3.05) is 10.5 Å². The second-order valence-corrected chi connectivity index (χ2v) is 6.00. The number of nitrogen functional groups attached to an aromatic ring is 1. The maximum atomic E-state index is 13.1. The van der Waals surface area contributed by atoms with Crippen LogP contribution in [0.4, 0.5) is 20.2 Å². The van der Waals surface area contributed by atoms with Crippen molar-refractivity contribution in [3.63, 3.8) is 0 Å². The van der Waals surface area contributed by atoms with Crippen LogP contribution >= 0.6 is 0 Å². The van der Waals surface area contributed by atoms with Gasteiger partial charge in [0.05, 0.1) is 10.6 Å². The lowest BCUT2D eigenvalue weighted by Crippen LogP contribution is -2.13. The molecule has 20 heavy (non-hydrogen) atoms. The number of hydrogen-bond acceptors (Lipinski definition) is 3. The summed E-state index contributed by atoms with van der Waals surface area (Å²) >= 11 is 0. The number of halogens is 2. The first-order valence-corrected chi connectivity index (χ1v) is 7.11. The number of nitrogens with one attached hydrogen (secondary N) is 1. The number of benzene rings is 2. The third-order valence-corrected chi connectivity index (χ3v) is 3.92. The normalized spacial score (nSPS) is 11.3. The minimum absolute atomic E-state index is 0.0419. The van der Waals surface area contributed by atoms with Crippen LogP contribution in [0, 0.1) is 18.6 Å². The second kappa shape index (κ2) is 5.09. The molecule has 0 heterocycles. The highest BCUT2D eigenvalue weighted by Crippen LogP contribution is 2.21. The summed E-state index contributed by atoms with van der Waals surface area (Å²) < 4.78 is 52.3. The fourth-order valence-corrected chi connectivity index (χ4v) is 2.89. The van der Waals surface area contributed by atoms with E-state index in [1.54, 1.807) is 13.0 Å². The van der Waals surface area contributed by atoms with Crippen molar-refractivity contribution in [1.82, 2.24) is 0 Å². The molecule has 0 atom stereocenters. The summed E-state index contributed by atoms with van der Waals surface area (Å²) in [6, 6.07) is 7.09. The molecule has 0 aliphatic heterocycles. The van der Waals surface area contributed by atoms with Crippen LogP contribution in [0.3, 0.4) is 0 Å². The average Bonchev–Trinajstić information content (AvgIpc) is 2.32. The molecule has 0 aromatic heterocycles. The molecular weight excluding hydrogens is 286 g/mol. The lowest BCUT2D eigenvalue weighted by Gasteiger charge is -2.09. The molecular formula is C13H12F2N2O2S. The number of hydrogen-bond donors (Lipinski definition) is 2. The van der Waals surface area contributed by atoms with E-state index in [-0.39, 0.29) is 10.6 Å². The molecule has 0 aliphatic rings. The highest BCUT2D eigenvalue weighted by molar-refractivity contribution is 7.92. The molecule has 0 saturated heterocycles. The molecule has 3 N–H and O–H groups in total. The lowest BCUT2D eigenvalue weighted by atomic mass is 10.2. The summed E-state index contributed by atoms with van der Waals surface area (Å²) in [7, 11) is -3.91. The number of sulfonamides is 1. The van der Waals surface area contributed by atoms with E-state index in [1.165, 1.54) is 12.1 Å². The first-order chi connectivity index (χ1) is 9.28. The van der Waals surface area contributed by atoms with Crippen molar-refractivity contribution in [1.29, 1.82) is 0 Å². The molecule has 0 amide bonds. The molecule has 0 saturated carbocycles. The molecule has 0 spiro atoms. The van der Waals surface area contributed by atoms with Crippen molar-refractivity contribution < 1.29 is 17.2 Å². The minimum atomic E-state index is -3.91. The van der Waals surface area contributed by atoms with E-state index in [0.717, 1.165) is 18.2 Å². The van der Waals surface area contributed by atoms with Crippen LogP contribution in [0.2, 0.25) is 0 Å². The zero-order chi connectivity index (χ0) is 14.9. The molecule has 7 heteroatoms. The lowest BCUT2D eigenvalue weighted by molar-refractivity contribution is 0.509. The van der Waals surface area contributed by atoms with Crippen LogP contribution in [-0.2, 0) is 10.0 Å². The van der Waals surface area contributed by atoms with E-state index in [0.29, 0.717) is 11.3 Å². The predicted molar refractivity (Wildman–Crippen MR) is 72.8 cm³/mol. The van der Waals surface area contributed by atoms with E-state index in [4.69, 9.17) is 5.73 Å².